The molecular weight excluding hydrogens is 389 g/mol. The molecule has 1 aliphatic rings. The summed E-state index contributed by atoms with van der Waals surface area (Å²) in [5, 5.41) is 0. The van der Waals surface area contributed by atoms with Crippen molar-refractivity contribution in [1.29, 1.82) is 0 Å². The fourth-order valence-electron chi connectivity index (χ4n) is 2.14. The van der Waals surface area contributed by atoms with Crippen LogP contribution in [0.4, 0.5) is 0 Å². The molecule has 1 aromatic carbocycles. The van der Waals surface area contributed by atoms with Gasteiger partial charge in [0, 0.05) is 18.7 Å². The van der Waals surface area contributed by atoms with Gasteiger partial charge in [-0.2, -0.15) is 0 Å². The van der Waals surface area contributed by atoms with Crippen LogP contribution < -0.4 is 10.5 Å². The maximum atomic E-state index is 6.05. The highest BCUT2D eigenvalue weighted by molar-refractivity contribution is 14.0. The molecule has 0 aliphatic heterocycles. The molecule has 5 heteroatoms. The minimum absolute atomic E-state index is 0. The summed E-state index contributed by atoms with van der Waals surface area (Å²) in [5.41, 5.74) is 8.09. The predicted molar refractivity (Wildman–Crippen MR) is 103 cm³/mol. The first-order chi connectivity index (χ1) is 9.76. The van der Waals surface area contributed by atoms with Crippen LogP contribution >= 0.6 is 24.0 Å². The number of hydrogen-bond donors (Lipinski definition) is 1. The quantitative estimate of drug-likeness (QED) is 0.462. The zero-order valence-corrected chi connectivity index (χ0v) is 16.5. The summed E-state index contributed by atoms with van der Waals surface area (Å²) in [5.74, 6) is 1.51. The van der Waals surface area contributed by atoms with Gasteiger partial charge >= 0.3 is 0 Å². The molecule has 2 rings (SSSR count). The lowest BCUT2D eigenvalue weighted by atomic mass is 10.1. The topological polar surface area (TPSA) is 50.8 Å². The van der Waals surface area contributed by atoms with E-state index in [0.29, 0.717) is 18.5 Å². The third kappa shape index (κ3) is 5.66. The van der Waals surface area contributed by atoms with Gasteiger partial charge in [-0.15, -0.1) is 24.0 Å². The molecule has 1 aliphatic carbocycles. The number of halogens is 1. The van der Waals surface area contributed by atoms with Crippen LogP contribution in [0.2, 0.25) is 0 Å². The van der Waals surface area contributed by atoms with Crippen LogP contribution in [-0.4, -0.2) is 29.6 Å². The molecule has 0 spiro atoms. The van der Waals surface area contributed by atoms with E-state index in [2.05, 4.69) is 55.8 Å². The van der Waals surface area contributed by atoms with E-state index in [-0.39, 0.29) is 29.6 Å². The molecule has 4 nitrogen and oxygen atoms in total. The van der Waals surface area contributed by atoms with E-state index in [1.54, 1.807) is 0 Å². The maximum absolute atomic E-state index is 6.05. The lowest BCUT2D eigenvalue weighted by Gasteiger charge is -2.23. The molecule has 2 N–H and O–H groups in total. The van der Waals surface area contributed by atoms with Gasteiger partial charge in [-0.25, -0.2) is 4.99 Å². The highest BCUT2D eigenvalue weighted by atomic mass is 127. The van der Waals surface area contributed by atoms with Crippen molar-refractivity contribution < 1.29 is 4.74 Å². The van der Waals surface area contributed by atoms with Crippen molar-refractivity contribution in [1.82, 2.24) is 4.90 Å². The Morgan fingerprint density at radius 1 is 1.36 bits per heavy atom. The van der Waals surface area contributed by atoms with Gasteiger partial charge in [0.25, 0.3) is 0 Å². The fraction of sp³-hybridized carbons (Fsp3) is 0.588. The SMILES string of the molecule is Cc1ccc(CN=C(N)N(C)C2CC2)c(OC(C)(C)C)c1.I. The molecule has 22 heavy (non-hydrogen) atoms. The number of hydrogen-bond acceptors (Lipinski definition) is 2. The number of aryl methyl sites for hydroxylation is 1. The highest BCUT2D eigenvalue weighted by Gasteiger charge is 2.27. The fourth-order valence-corrected chi connectivity index (χ4v) is 2.14. The molecule has 1 aromatic rings. The first kappa shape index (κ1) is 19.1. The Kier molecular flexibility index (Phi) is 6.52. The van der Waals surface area contributed by atoms with Crippen molar-refractivity contribution in [3.05, 3.63) is 29.3 Å². The minimum Gasteiger partial charge on any atom is -0.488 e. The molecule has 0 radical (unpaired) electrons. The van der Waals surface area contributed by atoms with E-state index in [0.717, 1.165) is 11.3 Å². The van der Waals surface area contributed by atoms with Gasteiger partial charge in [0.05, 0.1) is 6.54 Å². The van der Waals surface area contributed by atoms with Gasteiger partial charge in [-0.3, -0.25) is 0 Å². The van der Waals surface area contributed by atoms with Gasteiger partial charge in [-0.1, -0.05) is 12.1 Å². The molecule has 0 bridgehead atoms. The van der Waals surface area contributed by atoms with Crippen LogP contribution in [0.15, 0.2) is 23.2 Å². The zero-order valence-electron chi connectivity index (χ0n) is 14.2. The predicted octanol–water partition coefficient (Wildman–Crippen LogP) is 3.70. The standard InChI is InChI=1S/C17H27N3O.HI/c1-12-6-7-13(15(10-12)21-17(2,3)4)11-19-16(18)20(5)14-8-9-14;/h6-7,10,14H,8-9,11H2,1-5H3,(H2,18,19);1H. The van der Waals surface area contributed by atoms with Crippen LogP contribution in [0.3, 0.4) is 0 Å². The van der Waals surface area contributed by atoms with Crippen molar-refractivity contribution in [3.8, 4) is 5.75 Å². The van der Waals surface area contributed by atoms with Crippen molar-refractivity contribution in [2.24, 2.45) is 10.7 Å². The largest absolute Gasteiger partial charge is 0.488 e. The lowest BCUT2D eigenvalue weighted by molar-refractivity contribution is 0.129. The van der Waals surface area contributed by atoms with Crippen molar-refractivity contribution in [3.63, 3.8) is 0 Å². The van der Waals surface area contributed by atoms with Gasteiger partial charge in [0.1, 0.15) is 11.4 Å². The molecule has 0 aromatic heterocycles. The molecule has 1 saturated carbocycles. The minimum atomic E-state index is -0.220. The summed E-state index contributed by atoms with van der Waals surface area (Å²) in [6.07, 6.45) is 2.44. The molecule has 0 saturated heterocycles. The second kappa shape index (κ2) is 7.53. The number of benzene rings is 1. The third-order valence-electron chi connectivity index (χ3n) is 3.51. The third-order valence-corrected chi connectivity index (χ3v) is 3.51. The first-order valence-corrected chi connectivity index (χ1v) is 7.57. The zero-order chi connectivity index (χ0) is 15.6. The Balaban J connectivity index is 0.00000242. The number of ether oxygens (including phenoxy) is 1. The van der Waals surface area contributed by atoms with Crippen LogP contribution in [0.5, 0.6) is 5.75 Å². The Hall–Kier alpha value is -0.980. The number of nitrogens with zero attached hydrogens (tertiary/aromatic N) is 2. The van der Waals surface area contributed by atoms with Crippen LogP contribution in [0.1, 0.15) is 44.7 Å². The molecule has 0 atom stereocenters. The van der Waals surface area contributed by atoms with E-state index >= 15 is 0 Å². The van der Waals surface area contributed by atoms with E-state index in [4.69, 9.17) is 10.5 Å². The summed E-state index contributed by atoms with van der Waals surface area (Å²) in [6.45, 7) is 8.78. The number of nitrogens with two attached hydrogens (primary N) is 1. The maximum Gasteiger partial charge on any atom is 0.191 e. The van der Waals surface area contributed by atoms with Gasteiger partial charge in [0.2, 0.25) is 0 Å². The number of guanidine groups is 1. The summed E-state index contributed by atoms with van der Waals surface area (Å²) >= 11 is 0. The molecule has 0 unspecified atom stereocenters. The molecule has 124 valence electrons. The van der Waals surface area contributed by atoms with E-state index < -0.39 is 0 Å². The summed E-state index contributed by atoms with van der Waals surface area (Å²) in [6, 6.07) is 6.81. The molecular formula is C17H28IN3O. The summed E-state index contributed by atoms with van der Waals surface area (Å²) in [7, 11) is 2.01. The Bertz CT molecular complexity index is 533. The smallest absolute Gasteiger partial charge is 0.191 e. The summed E-state index contributed by atoms with van der Waals surface area (Å²) < 4.78 is 6.04. The van der Waals surface area contributed by atoms with E-state index in [1.165, 1.54) is 18.4 Å². The second-order valence-corrected chi connectivity index (χ2v) is 6.84. The van der Waals surface area contributed by atoms with Gasteiger partial charge in [0.15, 0.2) is 5.96 Å². The molecule has 1 fully saturated rings. The van der Waals surface area contributed by atoms with Crippen molar-refractivity contribution in [2.45, 2.75) is 58.7 Å². The Morgan fingerprint density at radius 2 is 2.00 bits per heavy atom. The van der Waals surface area contributed by atoms with Crippen LogP contribution in [0.25, 0.3) is 0 Å². The van der Waals surface area contributed by atoms with Crippen molar-refractivity contribution in [2.75, 3.05) is 7.05 Å². The normalized spacial score (nSPS) is 15.2. The van der Waals surface area contributed by atoms with Gasteiger partial charge in [-0.05, 0) is 52.2 Å². The van der Waals surface area contributed by atoms with E-state index in [1.807, 2.05) is 7.05 Å². The van der Waals surface area contributed by atoms with Gasteiger partial charge < -0.3 is 15.4 Å². The van der Waals surface area contributed by atoms with Crippen LogP contribution in [0, 0.1) is 6.92 Å². The summed E-state index contributed by atoms with van der Waals surface area (Å²) in [4.78, 5) is 6.58. The van der Waals surface area contributed by atoms with Crippen LogP contribution in [-0.2, 0) is 6.54 Å². The second-order valence-electron chi connectivity index (χ2n) is 6.84. The molecule has 0 heterocycles. The first-order valence-electron chi connectivity index (χ1n) is 7.57. The Morgan fingerprint density at radius 3 is 2.55 bits per heavy atom. The van der Waals surface area contributed by atoms with Crippen molar-refractivity contribution >= 4 is 29.9 Å². The lowest BCUT2D eigenvalue weighted by Crippen LogP contribution is -2.35. The molecule has 0 amide bonds. The number of rotatable bonds is 4. The number of aliphatic imine (C=N–C) groups is 1. The Labute approximate surface area is 151 Å². The van der Waals surface area contributed by atoms with E-state index in [9.17, 15) is 0 Å². The average molecular weight is 417 g/mol. The highest BCUT2D eigenvalue weighted by Crippen LogP contribution is 2.27. The monoisotopic (exact) mass is 417 g/mol. The average Bonchev–Trinajstić information content (AvgIpc) is 3.18.